The molecule has 152 valence electrons. The number of sulfonamides is 1. The zero-order valence-corrected chi connectivity index (χ0v) is 17.3. The number of benzene rings is 3. The Hall–Kier alpha value is -2.25. The van der Waals surface area contributed by atoms with E-state index in [1.165, 1.54) is 0 Å². The summed E-state index contributed by atoms with van der Waals surface area (Å²) in [5, 5.41) is 1.94. The smallest absolute Gasteiger partial charge is 0.240 e. The van der Waals surface area contributed by atoms with E-state index < -0.39 is 10.0 Å². The van der Waals surface area contributed by atoms with Gasteiger partial charge in [-0.05, 0) is 35.4 Å². The lowest BCUT2D eigenvalue weighted by Gasteiger charge is -2.38. The molecule has 5 nitrogen and oxygen atoms in total. The van der Waals surface area contributed by atoms with E-state index in [1.54, 1.807) is 12.1 Å². The van der Waals surface area contributed by atoms with E-state index in [0.717, 1.165) is 29.4 Å². The highest BCUT2D eigenvalue weighted by Crippen LogP contribution is 2.27. The highest BCUT2D eigenvalue weighted by atomic mass is 32.2. The molecule has 3 aromatic carbocycles. The van der Waals surface area contributed by atoms with E-state index in [-0.39, 0.29) is 17.0 Å². The van der Waals surface area contributed by atoms with Crippen LogP contribution in [0.15, 0.2) is 77.7 Å². The summed E-state index contributed by atoms with van der Waals surface area (Å²) in [6.45, 7) is 4.82. The van der Waals surface area contributed by atoms with Crippen LogP contribution in [0.1, 0.15) is 18.5 Å². The van der Waals surface area contributed by atoms with E-state index >= 15 is 0 Å². The van der Waals surface area contributed by atoms with Crippen LogP contribution < -0.4 is 4.72 Å². The molecular formula is C23H26N2O3S. The second-order valence-electron chi connectivity index (χ2n) is 7.42. The van der Waals surface area contributed by atoms with Gasteiger partial charge >= 0.3 is 0 Å². The third-order valence-electron chi connectivity index (χ3n) is 5.43. The van der Waals surface area contributed by atoms with Gasteiger partial charge in [0.25, 0.3) is 0 Å². The Bertz CT molecular complexity index is 1060. The Labute approximate surface area is 172 Å². The molecular weight excluding hydrogens is 384 g/mol. The topological polar surface area (TPSA) is 58.6 Å². The summed E-state index contributed by atoms with van der Waals surface area (Å²) < 4.78 is 34.7. The monoisotopic (exact) mass is 410 g/mol. The van der Waals surface area contributed by atoms with E-state index in [4.69, 9.17) is 4.74 Å². The number of morpholine rings is 1. The van der Waals surface area contributed by atoms with Crippen molar-refractivity contribution in [3.63, 3.8) is 0 Å². The van der Waals surface area contributed by atoms with Crippen LogP contribution >= 0.6 is 0 Å². The number of fused-ring (bicyclic) bond motifs is 1. The summed E-state index contributed by atoms with van der Waals surface area (Å²) in [7, 11) is -3.65. The standard InChI is InChI=1S/C23H26N2O3S/c1-18(23(20-8-3-2-4-9-20)25-13-15-28-16-14-25)24-29(26,27)22-12-11-19-7-5-6-10-21(19)17-22/h2-12,17-18,23-24H,13-16H2,1H3. The quantitative estimate of drug-likeness (QED) is 0.675. The van der Waals surface area contributed by atoms with Crippen molar-refractivity contribution in [2.24, 2.45) is 0 Å². The molecule has 0 amide bonds. The average molecular weight is 411 g/mol. The summed E-state index contributed by atoms with van der Waals surface area (Å²) in [5.41, 5.74) is 1.10. The molecule has 1 aliphatic heterocycles. The number of ether oxygens (including phenoxy) is 1. The van der Waals surface area contributed by atoms with Gasteiger partial charge in [-0.25, -0.2) is 13.1 Å². The molecule has 29 heavy (non-hydrogen) atoms. The van der Waals surface area contributed by atoms with Gasteiger partial charge in [0.15, 0.2) is 0 Å². The average Bonchev–Trinajstić information content (AvgIpc) is 2.75. The summed E-state index contributed by atoms with van der Waals surface area (Å²) in [6.07, 6.45) is 0. The lowest BCUT2D eigenvalue weighted by molar-refractivity contribution is 0.0105. The van der Waals surface area contributed by atoms with Gasteiger partial charge in [-0.1, -0.05) is 60.7 Å². The van der Waals surface area contributed by atoms with Crippen LogP contribution in [0.25, 0.3) is 10.8 Å². The molecule has 1 saturated heterocycles. The Kier molecular flexibility index (Phi) is 5.96. The Balaban J connectivity index is 1.62. The first kappa shape index (κ1) is 20.0. The van der Waals surface area contributed by atoms with E-state index in [2.05, 4.69) is 21.8 Å². The summed E-state index contributed by atoms with van der Waals surface area (Å²) in [6, 6.07) is 22.7. The fraction of sp³-hybridized carbons (Fsp3) is 0.304. The highest BCUT2D eigenvalue weighted by Gasteiger charge is 2.30. The van der Waals surface area contributed by atoms with Gasteiger partial charge in [0.05, 0.1) is 24.2 Å². The minimum absolute atomic E-state index is 0.0599. The largest absolute Gasteiger partial charge is 0.379 e. The molecule has 2 unspecified atom stereocenters. The second kappa shape index (κ2) is 8.63. The van der Waals surface area contributed by atoms with Crippen LogP contribution in [0.5, 0.6) is 0 Å². The molecule has 0 saturated carbocycles. The summed E-state index contributed by atoms with van der Waals surface area (Å²) >= 11 is 0. The Morgan fingerprint density at radius 3 is 2.28 bits per heavy atom. The second-order valence-corrected chi connectivity index (χ2v) is 9.14. The van der Waals surface area contributed by atoms with E-state index in [0.29, 0.717) is 13.2 Å². The van der Waals surface area contributed by atoms with Crippen molar-refractivity contribution < 1.29 is 13.2 Å². The van der Waals surface area contributed by atoms with Gasteiger partial charge < -0.3 is 4.74 Å². The maximum Gasteiger partial charge on any atom is 0.240 e. The number of hydrogen-bond acceptors (Lipinski definition) is 4. The zero-order chi connectivity index (χ0) is 20.3. The van der Waals surface area contributed by atoms with E-state index in [9.17, 15) is 8.42 Å². The van der Waals surface area contributed by atoms with Gasteiger partial charge in [0.1, 0.15) is 0 Å². The predicted molar refractivity (Wildman–Crippen MR) is 115 cm³/mol. The minimum Gasteiger partial charge on any atom is -0.379 e. The van der Waals surface area contributed by atoms with Crippen LogP contribution in [0.3, 0.4) is 0 Å². The number of nitrogens with zero attached hydrogens (tertiary/aromatic N) is 1. The number of nitrogens with one attached hydrogen (secondary N) is 1. The maximum absolute atomic E-state index is 13.2. The molecule has 4 rings (SSSR count). The van der Waals surface area contributed by atoms with Crippen LogP contribution in [-0.2, 0) is 14.8 Å². The highest BCUT2D eigenvalue weighted by molar-refractivity contribution is 7.89. The fourth-order valence-corrected chi connectivity index (χ4v) is 5.32. The van der Waals surface area contributed by atoms with Crippen LogP contribution in [-0.4, -0.2) is 45.7 Å². The Morgan fingerprint density at radius 1 is 0.897 bits per heavy atom. The lowest BCUT2D eigenvalue weighted by Crippen LogP contribution is -2.48. The van der Waals surface area contributed by atoms with Gasteiger partial charge in [-0.3, -0.25) is 4.90 Å². The molecule has 1 heterocycles. The molecule has 1 N–H and O–H groups in total. The van der Waals surface area contributed by atoms with Crippen molar-refractivity contribution in [1.82, 2.24) is 9.62 Å². The first-order valence-corrected chi connectivity index (χ1v) is 11.4. The SMILES string of the molecule is CC(NS(=O)(=O)c1ccc2ccccc2c1)C(c1ccccc1)N1CCOCC1. The molecule has 0 bridgehead atoms. The Morgan fingerprint density at radius 2 is 1.55 bits per heavy atom. The van der Waals surface area contributed by atoms with Crippen LogP contribution in [0.4, 0.5) is 0 Å². The normalized spacial score (nSPS) is 17.8. The molecule has 0 spiro atoms. The van der Waals surface area contributed by atoms with Crippen molar-refractivity contribution in [2.75, 3.05) is 26.3 Å². The van der Waals surface area contributed by atoms with Crippen molar-refractivity contribution in [3.8, 4) is 0 Å². The lowest BCUT2D eigenvalue weighted by atomic mass is 9.99. The molecule has 0 radical (unpaired) electrons. The zero-order valence-electron chi connectivity index (χ0n) is 16.5. The third kappa shape index (κ3) is 4.51. The summed E-state index contributed by atoms with van der Waals surface area (Å²) in [5.74, 6) is 0. The molecule has 1 fully saturated rings. The molecule has 6 heteroatoms. The van der Waals surface area contributed by atoms with Gasteiger partial charge in [0.2, 0.25) is 10.0 Å². The van der Waals surface area contributed by atoms with Crippen molar-refractivity contribution in [3.05, 3.63) is 78.4 Å². The third-order valence-corrected chi connectivity index (χ3v) is 6.98. The summed E-state index contributed by atoms with van der Waals surface area (Å²) in [4.78, 5) is 2.59. The van der Waals surface area contributed by atoms with Crippen molar-refractivity contribution in [1.29, 1.82) is 0 Å². The molecule has 1 aliphatic rings. The number of hydrogen-bond donors (Lipinski definition) is 1. The minimum atomic E-state index is -3.65. The van der Waals surface area contributed by atoms with Crippen molar-refractivity contribution in [2.45, 2.75) is 23.9 Å². The van der Waals surface area contributed by atoms with Crippen LogP contribution in [0, 0.1) is 0 Å². The molecule has 0 aliphatic carbocycles. The maximum atomic E-state index is 13.2. The fourth-order valence-electron chi connectivity index (χ4n) is 4.03. The van der Waals surface area contributed by atoms with Gasteiger partial charge in [-0.15, -0.1) is 0 Å². The molecule has 0 aromatic heterocycles. The predicted octanol–water partition coefficient (Wildman–Crippen LogP) is 3.58. The molecule has 2 atom stereocenters. The van der Waals surface area contributed by atoms with Crippen molar-refractivity contribution >= 4 is 20.8 Å². The number of rotatable bonds is 6. The van der Waals surface area contributed by atoms with Crippen LogP contribution in [0.2, 0.25) is 0 Å². The first-order valence-electron chi connectivity index (χ1n) is 9.92. The van der Waals surface area contributed by atoms with E-state index in [1.807, 2.05) is 55.5 Å². The first-order chi connectivity index (χ1) is 14.0. The molecule has 3 aromatic rings. The van der Waals surface area contributed by atoms with Gasteiger partial charge in [0, 0.05) is 19.1 Å². The van der Waals surface area contributed by atoms with Gasteiger partial charge in [-0.2, -0.15) is 0 Å².